The summed E-state index contributed by atoms with van der Waals surface area (Å²) >= 11 is 5.93. The van der Waals surface area contributed by atoms with Crippen LogP contribution in [0.3, 0.4) is 0 Å². The van der Waals surface area contributed by atoms with E-state index in [1.807, 2.05) is 0 Å². The SMILES string of the molecule is COc1ccc(Cl)cc1C(=O)NCC(O)CN1CCC(C)CC1. The Morgan fingerprint density at radius 2 is 2.17 bits per heavy atom. The molecule has 1 aromatic rings. The van der Waals surface area contributed by atoms with E-state index in [1.165, 1.54) is 20.0 Å². The summed E-state index contributed by atoms with van der Waals surface area (Å²) in [6.07, 6.45) is 1.75. The molecule has 1 atom stereocenters. The third-order valence-electron chi connectivity index (χ3n) is 4.25. The van der Waals surface area contributed by atoms with Crippen molar-refractivity contribution in [3.8, 4) is 5.75 Å². The standard InChI is InChI=1S/C17H25ClN2O3/c1-12-5-7-20(8-6-12)11-14(21)10-19-17(22)15-9-13(18)3-4-16(15)23-2/h3-4,9,12,14,21H,5-8,10-11H2,1-2H3,(H,19,22). The van der Waals surface area contributed by atoms with Crippen LogP contribution in [0.4, 0.5) is 0 Å². The molecule has 0 aliphatic carbocycles. The molecule has 0 bridgehead atoms. The van der Waals surface area contributed by atoms with Crippen LogP contribution < -0.4 is 10.1 Å². The van der Waals surface area contributed by atoms with Crippen LogP contribution in [0.25, 0.3) is 0 Å². The number of hydrogen-bond donors (Lipinski definition) is 2. The van der Waals surface area contributed by atoms with Crippen molar-refractivity contribution in [1.29, 1.82) is 0 Å². The zero-order valence-electron chi connectivity index (χ0n) is 13.7. The van der Waals surface area contributed by atoms with Crippen LogP contribution in [-0.2, 0) is 0 Å². The highest BCUT2D eigenvalue weighted by molar-refractivity contribution is 6.31. The Kier molecular flexibility index (Phi) is 6.69. The second kappa shape index (κ2) is 8.52. The summed E-state index contributed by atoms with van der Waals surface area (Å²) in [5.41, 5.74) is 0.374. The zero-order chi connectivity index (χ0) is 16.8. The second-order valence-electron chi connectivity index (χ2n) is 6.19. The normalized spacial score (nSPS) is 17.7. The average Bonchev–Trinajstić information content (AvgIpc) is 2.54. The van der Waals surface area contributed by atoms with Crippen molar-refractivity contribution in [3.05, 3.63) is 28.8 Å². The summed E-state index contributed by atoms with van der Waals surface area (Å²) in [6.45, 7) is 5.06. The lowest BCUT2D eigenvalue weighted by Crippen LogP contribution is -2.43. The molecular formula is C17H25ClN2O3. The first-order valence-electron chi connectivity index (χ1n) is 8.01. The molecule has 5 nitrogen and oxygen atoms in total. The van der Waals surface area contributed by atoms with Crippen LogP contribution in [-0.4, -0.2) is 55.3 Å². The topological polar surface area (TPSA) is 61.8 Å². The quantitative estimate of drug-likeness (QED) is 0.833. The molecule has 128 valence electrons. The van der Waals surface area contributed by atoms with Gasteiger partial charge in [0.1, 0.15) is 5.75 Å². The molecule has 1 unspecified atom stereocenters. The molecule has 6 heteroatoms. The van der Waals surface area contributed by atoms with E-state index in [2.05, 4.69) is 17.1 Å². The number of methoxy groups -OCH3 is 1. The molecule has 1 aromatic carbocycles. The Bertz CT molecular complexity index is 531. The van der Waals surface area contributed by atoms with E-state index in [4.69, 9.17) is 16.3 Å². The molecular weight excluding hydrogens is 316 g/mol. The number of benzene rings is 1. The van der Waals surface area contributed by atoms with E-state index in [0.29, 0.717) is 22.9 Å². The van der Waals surface area contributed by atoms with Crippen molar-refractivity contribution in [2.45, 2.75) is 25.9 Å². The summed E-state index contributed by atoms with van der Waals surface area (Å²) in [4.78, 5) is 14.5. The molecule has 0 spiro atoms. The van der Waals surface area contributed by atoms with Gasteiger partial charge in [0.15, 0.2) is 0 Å². The summed E-state index contributed by atoms with van der Waals surface area (Å²) < 4.78 is 5.17. The van der Waals surface area contributed by atoms with Gasteiger partial charge in [0.25, 0.3) is 5.91 Å². The van der Waals surface area contributed by atoms with Gasteiger partial charge in [-0.1, -0.05) is 18.5 Å². The molecule has 0 radical (unpaired) electrons. The van der Waals surface area contributed by atoms with Crippen LogP contribution in [0.5, 0.6) is 5.75 Å². The Morgan fingerprint density at radius 3 is 2.83 bits per heavy atom. The van der Waals surface area contributed by atoms with Crippen molar-refractivity contribution >= 4 is 17.5 Å². The lowest BCUT2D eigenvalue weighted by molar-refractivity contribution is 0.0793. The summed E-state index contributed by atoms with van der Waals surface area (Å²) in [5.74, 6) is 0.931. The first-order valence-corrected chi connectivity index (χ1v) is 8.39. The first-order chi connectivity index (χ1) is 11.0. The van der Waals surface area contributed by atoms with Crippen LogP contribution in [0.2, 0.25) is 5.02 Å². The van der Waals surface area contributed by atoms with Crippen LogP contribution >= 0.6 is 11.6 Å². The van der Waals surface area contributed by atoms with Gasteiger partial charge in [0.05, 0.1) is 18.8 Å². The van der Waals surface area contributed by atoms with Gasteiger partial charge < -0.3 is 20.1 Å². The number of piperidine rings is 1. The first kappa shape index (κ1) is 18.0. The largest absolute Gasteiger partial charge is 0.496 e. The highest BCUT2D eigenvalue weighted by atomic mass is 35.5. The monoisotopic (exact) mass is 340 g/mol. The van der Waals surface area contributed by atoms with Gasteiger partial charge in [0.2, 0.25) is 0 Å². The van der Waals surface area contributed by atoms with Crippen molar-refractivity contribution < 1.29 is 14.6 Å². The zero-order valence-corrected chi connectivity index (χ0v) is 14.5. The van der Waals surface area contributed by atoms with Crippen LogP contribution in [0.15, 0.2) is 18.2 Å². The maximum atomic E-state index is 12.2. The molecule has 0 saturated carbocycles. The van der Waals surface area contributed by atoms with E-state index in [-0.39, 0.29) is 12.5 Å². The van der Waals surface area contributed by atoms with E-state index >= 15 is 0 Å². The van der Waals surface area contributed by atoms with Gasteiger partial charge in [-0.15, -0.1) is 0 Å². The molecule has 1 saturated heterocycles. The van der Waals surface area contributed by atoms with Crippen molar-refractivity contribution in [2.24, 2.45) is 5.92 Å². The van der Waals surface area contributed by atoms with Gasteiger partial charge in [-0.3, -0.25) is 4.79 Å². The third kappa shape index (κ3) is 5.37. The molecule has 1 aliphatic heterocycles. The minimum atomic E-state index is -0.586. The highest BCUT2D eigenvalue weighted by Crippen LogP contribution is 2.22. The molecule has 2 rings (SSSR count). The van der Waals surface area contributed by atoms with Crippen LogP contribution in [0.1, 0.15) is 30.1 Å². The number of aliphatic hydroxyl groups excluding tert-OH is 1. The van der Waals surface area contributed by atoms with Gasteiger partial charge in [-0.2, -0.15) is 0 Å². The molecule has 1 aliphatic rings. The Labute approximate surface area is 142 Å². The molecule has 1 heterocycles. The number of halogens is 1. The fourth-order valence-electron chi connectivity index (χ4n) is 2.77. The van der Waals surface area contributed by atoms with Crippen molar-refractivity contribution in [3.63, 3.8) is 0 Å². The number of nitrogens with zero attached hydrogens (tertiary/aromatic N) is 1. The fraction of sp³-hybridized carbons (Fsp3) is 0.588. The number of amides is 1. The number of ether oxygens (including phenoxy) is 1. The lowest BCUT2D eigenvalue weighted by atomic mass is 9.99. The van der Waals surface area contributed by atoms with Crippen molar-refractivity contribution in [1.82, 2.24) is 10.2 Å². The number of carbonyl (C=O) groups is 1. The number of β-amino-alcohol motifs (C(OH)–C–C–N with tert-alkyl or cyclic N) is 1. The van der Waals surface area contributed by atoms with Crippen molar-refractivity contribution in [2.75, 3.05) is 33.3 Å². The summed E-state index contributed by atoms with van der Waals surface area (Å²) in [5, 5.41) is 13.3. The summed E-state index contributed by atoms with van der Waals surface area (Å²) in [7, 11) is 1.51. The number of aliphatic hydroxyl groups is 1. The number of rotatable bonds is 6. The van der Waals surface area contributed by atoms with E-state index in [1.54, 1.807) is 18.2 Å². The second-order valence-corrected chi connectivity index (χ2v) is 6.63. The smallest absolute Gasteiger partial charge is 0.255 e. The minimum Gasteiger partial charge on any atom is -0.496 e. The van der Waals surface area contributed by atoms with E-state index in [0.717, 1.165) is 19.0 Å². The number of nitrogens with one attached hydrogen (secondary N) is 1. The number of hydrogen-bond acceptors (Lipinski definition) is 4. The maximum Gasteiger partial charge on any atom is 0.255 e. The third-order valence-corrected chi connectivity index (χ3v) is 4.48. The molecule has 1 amide bonds. The van der Waals surface area contributed by atoms with Gasteiger partial charge in [-0.25, -0.2) is 0 Å². The highest BCUT2D eigenvalue weighted by Gasteiger charge is 2.19. The number of likely N-dealkylation sites (tertiary alicyclic amines) is 1. The van der Waals surface area contributed by atoms with Gasteiger partial charge >= 0.3 is 0 Å². The Hall–Kier alpha value is -1.30. The Balaban J connectivity index is 1.83. The predicted molar refractivity (Wildman–Crippen MR) is 91.2 cm³/mol. The minimum absolute atomic E-state index is 0.209. The van der Waals surface area contributed by atoms with Gasteiger partial charge in [0, 0.05) is 18.1 Å². The molecule has 1 fully saturated rings. The fourth-order valence-corrected chi connectivity index (χ4v) is 2.94. The van der Waals surface area contributed by atoms with E-state index < -0.39 is 6.10 Å². The molecule has 0 aromatic heterocycles. The molecule has 2 N–H and O–H groups in total. The molecule has 23 heavy (non-hydrogen) atoms. The predicted octanol–water partition coefficient (Wildman–Crippen LogP) is 2.17. The lowest BCUT2D eigenvalue weighted by Gasteiger charge is -2.31. The number of carbonyl (C=O) groups excluding carboxylic acids is 1. The summed E-state index contributed by atoms with van der Waals surface area (Å²) in [6, 6.07) is 4.89. The van der Waals surface area contributed by atoms with E-state index in [9.17, 15) is 9.90 Å². The maximum absolute atomic E-state index is 12.2. The van der Waals surface area contributed by atoms with Gasteiger partial charge in [-0.05, 0) is 50.0 Å². The Morgan fingerprint density at radius 1 is 1.48 bits per heavy atom. The average molecular weight is 341 g/mol. The van der Waals surface area contributed by atoms with Crippen LogP contribution in [0, 0.1) is 5.92 Å².